The number of hydrogen-bond donors (Lipinski definition) is 1. The maximum Gasteiger partial charge on any atom is 0.218 e. The molecule has 0 saturated heterocycles. The standard InChI is InChI=1S/C9H18N4/c1-4-5-8-11-9(10)13(12-8)6-7(2)3/h7H,4-6H2,1-3H3,(H2,10,11,12). The van der Waals surface area contributed by atoms with Gasteiger partial charge in [-0.05, 0) is 12.3 Å². The number of aromatic nitrogens is 3. The van der Waals surface area contributed by atoms with Gasteiger partial charge in [0.2, 0.25) is 5.95 Å². The molecule has 0 radical (unpaired) electrons. The molecule has 4 nitrogen and oxygen atoms in total. The molecule has 0 fully saturated rings. The molecule has 0 unspecified atom stereocenters. The van der Waals surface area contributed by atoms with E-state index in [4.69, 9.17) is 5.73 Å². The van der Waals surface area contributed by atoms with E-state index in [-0.39, 0.29) is 0 Å². The van der Waals surface area contributed by atoms with E-state index in [0.717, 1.165) is 25.2 Å². The number of nitrogens with zero attached hydrogens (tertiary/aromatic N) is 3. The Kier molecular flexibility index (Phi) is 3.28. The highest BCUT2D eigenvalue weighted by atomic mass is 15.4. The average Bonchev–Trinajstić information content (AvgIpc) is 2.31. The van der Waals surface area contributed by atoms with Crippen LogP contribution in [0.1, 0.15) is 33.0 Å². The first kappa shape index (κ1) is 10.0. The molecule has 1 rings (SSSR count). The molecule has 0 aromatic carbocycles. The first-order valence-corrected chi connectivity index (χ1v) is 4.82. The van der Waals surface area contributed by atoms with E-state index in [9.17, 15) is 0 Å². The van der Waals surface area contributed by atoms with Crippen LogP contribution in [0, 0.1) is 5.92 Å². The van der Waals surface area contributed by atoms with E-state index < -0.39 is 0 Å². The molecule has 0 spiro atoms. The van der Waals surface area contributed by atoms with Gasteiger partial charge in [-0.3, -0.25) is 0 Å². The van der Waals surface area contributed by atoms with Crippen molar-refractivity contribution in [3.63, 3.8) is 0 Å². The monoisotopic (exact) mass is 182 g/mol. The van der Waals surface area contributed by atoms with Crippen LogP contribution in [0.4, 0.5) is 5.95 Å². The van der Waals surface area contributed by atoms with E-state index in [0.29, 0.717) is 11.9 Å². The molecule has 4 heteroatoms. The zero-order valence-corrected chi connectivity index (χ0v) is 8.62. The van der Waals surface area contributed by atoms with Gasteiger partial charge in [0.1, 0.15) is 0 Å². The Bertz CT molecular complexity index is 265. The number of hydrogen-bond acceptors (Lipinski definition) is 3. The predicted octanol–water partition coefficient (Wildman–Crippen LogP) is 1.47. The lowest BCUT2D eigenvalue weighted by Gasteiger charge is -2.04. The fourth-order valence-electron chi connectivity index (χ4n) is 1.21. The Morgan fingerprint density at radius 3 is 2.69 bits per heavy atom. The summed E-state index contributed by atoms with van der Waals surface area (Å²) in [5.74, 6) is 1.95. The van der Waals surface area contributed by atoms with Crippen LogP contribution in [0.3, 0.4) is 0 Å². The smallest absolute Gasteiger partial charge is 0.218 e. The quantitative estimate of drug-likeness (QED) is 0.767. The van der Waals surface area contributed by atoms with Crippen molar-refractivity contribution < 1.29 is 0 Å². The Balaban J connectivity index is 2.71. The highest BCUT2D eigenvalue weighted by molar-refractivity contribution is 5.15. The number of anilines is 1. The molecule has 0 atom stereocenters. The van der Waals surface area contributed by atoms with Crippen LogP contribution < -0.4 is 5.73 Å². The van der Waals surface area contributed by atoms with Gasteiger partial charge in [-0.1, -0.05) is 20.8 Å². The second-order valence-electron chi connectivity index (χ2n) is 3.71. The molecule has 1 heterocycles. The minimum absolute atomic E-state index is 0.539. The maximum absolute atomic E-state index is 5.71. The van der Waals surface area contributed by atoms with E-state index in [1.807, 2.05) is 0 Å². The van der Waals surface area contributed by atoms with Crippen LogP contribution in [0.2, 0.25) is 0 Å². The van der Waals surface area contributed by atoms with Crippen molar-refractivity contribution in [2.45, 2.75) is 40.2 Å². The molecule has 74 valence electrons. The highest BCUT2D eigenvalue weighted by Crippen LogP contribution is 2.06. The summed E-state index contributed by atoms with van der Waals surface area (Å²) in [7, 11) is 0. The van der Waals surface area contributed by atoms with Crippen LogP contribution in [0.15, 0.2) is 0 Å². The summed E-state index contributed by atoms with van der Waals surface area (Å²) in [4.78, 5) is 4.18. The largest absolute Gasteiger partial charge is 0.368 e. The molecule has 0 bridgehead atoms. The van der Waals surface area contributed by atoms with Crippen LogP contribution in [0.5, 0.6) is 0 Å². The molecular weight excluding hydrogens is 164 g/mol. The Hall–Kier alpha value is -1.06. The first-order chi connectivity index (χ1) is 6.13. The van der Waals surface area contributed by atoms with E-state index >= 15 is 0 Å². The highest BCUT2D eigenvalue weighted by Gasteiger charge is 2.06. The minimum Gasteiger partial charge on any atom is -0.368 e. The molecule has 0 aliphatic rings. The van der Waals surface area contributed by atoms with Crippen molar-refractivity contribution in [1.29, 1.82) is 0 Å². The van der Waals surface area contributed by atoms with Gasteiger partial charge >= 0.3 is 0 Å². The Morgan fingerprint density at radius 1 is 1.46 bits per heavy atom. The molecule has 0 aliphatic carbocycles. The van der Waals surface area contributed by atoms with Gasteiger partial charge in [0.05, 0.1) is 0 Å². The van der Waals surface area contributed by atoms with Gasteiger partial charge in [-0.15, -0.1) is 0 Å². The van der Waals surface area contributed by atoms with Crippen molar-refractivity contribution in [3.8, 4) is 0 Å². The second-order valence-corrected chi connectivity index (χ2v) is 3.71. The van der Waals surface area contributed by atoms with Crippen molar-refractivity contribution >= 4 is 5.95 Å². The first-order valence-electron chi connectivity index (χ1n) is 4.82. The topological polar surface area (TPSA) is 56.7 Å². The van der Waals surface area contributed by atoms with Gasteiger partial charge < -0.3 is 5.73 Å². The normalized spacial score (nSPS) is 11.1. The average molecular weight is 182 g/mol. The summed E-state index contributed by atoms with van der Waals surface area (Å²) in [6.07, 6.45) is 1.97. The van der Waals surface area contributed by atoms with E-state index in [2.05, 4.69) is 30.9 Å². The lowest BCUT2D eigenvalue weighted by molar-refractivity contribution is 0.484. The van der Waals surface area contributed by atoms with E-state index in [1.54, 1.807) is 4.68 Å². The zero-order valence-electron chi connectivity index (χ0n) is 8.62. The number of nitrogens with two attached hydrogens (primary N) is 1. The summed E-state index contributed by atoms with van der Waals surface area (Å²) in [5, 5.41) is 4.32. The van der Waals surface area contributed by atoms with Crippen molar-refractivity contribution in [2.75, 3.05) is 5.73 Å². The predicted molar refractivity (Wildman–Crippen MR) is 53.3 cm³/mol. The van der Waals surface area contributed by atoms with Crippen molar-refractivity contribution in [1.82, 2.24) is 14.8 Å². The van der Waals surface area contributed by atoms with Gasteiger partial charge in [0.25, 0.3) is 0 Å². The van der Waals surface area contributed by atoms with Crippen molar-refractivity contribution in [2.24, 2.45) is 5.92 Å². The number of rotatable bonds is 4. The summed E-state index contributed by atoms with van der Waals surface area (Å²) in [6.45, 7) is 7.24. The second kappa shape index (κ2) is 4.25. The fraction of sp³-hybridized carbons (Fsp3) is 0.778. The molecule has 0 amide bonds. The molecular formula is C9H18N4. The molecule has 1 aromatic rings. The third-order valence-electron chi connectivity index (χ3n) is 1.76. The molecule has 1 aromatic heterocycles. The van der Waals surface area contributed by atoms with Gasteiger partial charge in [0, 0.05) is 13.0 Å². The molecule has 2 N–H and O–H groups in total. The lowest BCUT2D eigenvalue weighted by atomic mass is 10.2. The summed E-state index contributed by atoms with van der Waals surface area (Å²) in [6, 6.07) is 0. The molecule has 0 aliphatic heterocycles. The van der Waals surface area contributed by atoms with Gasteiger partial charge in [0.15, 0.2) is 5.82 Å². The lowest BCUT2D eigenvalue weighted by Crippen LogP contribution is -2.09. The van der Waals surface area contributed by atoms with Gasteiger partial charge in [-0.25, -0.2) is 4.68 Å². The minimum atomic E-state index is 0.539. The SMILES string of the molecule is CCCc1nc(N)n(CC(C)C)n1. The van der Waals surface area contributed by atoms with Crippen LogP contribution >= 0.6 is 0 Å². The van der Waals surface area contributed by atoms with Gasteiger partial charge in [-0.2, -0.15) is 10.1 Å². The number of nitrogen functional groups attached to an aromatic ring is 1. The third-order valence-corrected chi connectivity index (χ3v) is 1.76. The third kappa shape index (κ3) is 2.72. The van der Waals surface area contributed by atoms with E-state index in [1.165, 1.54) is 0 Å². The van der Waals surface area contributed by atoms with Crippen LogP contribution in [-0.2, 0) is 13.0 Å². The molecule has 0 saturated carbocycles. The zero-order chi connectivity index (χ0) is 9.84. The maximum atomic E-state index is 5.71. The van der Waals surface area contributed by atoms with Crippen molar-refractivity contribution in [3.05, 3.63) is 5.82 Å². The Labute approximate surface area is 79.2 Å². The van der Waals surface area contributed by atoms with Crippen LogP contribution in [0.25, 0.3) is 0 Å². The number of aryl methyl sites for hydroxylation is 1. The fourth-order valence-corrected chi connectivity index (χ4v) is 1.21. The Morgan fingerprint density at radius 2 is 2.15 bits per heavy atom. The summed E-state index contributed by atoms with van der Waals surface area (Å²) in [5.41, 5.74) is 5.71. The molecule has 13 heavy (non-hydrogen) atoms. The summed E-state index contributed by atoms with van der Waals surface area (Å²) < 4.78 is 1.79. The van der Waals surface area contributed by atoms with Crippen LogP contribution in [-0.4, -0.2) is 14.8 Å². The summed E-state index contributed by atoms with van der Waals surface area (Å²) >= 11 is 0.